The number of carboxylic acids is 1. The summed E-state index contributed by atoms with van der Waals surface area (Å²) in [4.78, 5) is 32.7. The second kappa shape index (κ2) is 11.1. The molecule has 0 bridgehead atoms. The lowest BCUT2D eigenvalue weighted by Gasteiger charge is -2.40. The van der Waals surface area contributed by atoms with Crippen molar-refractivity contribution in [2.75, 3.05) is 31.6 Å². The molecule has 1 aromatic carbocycles. The van der Waals surface area contributed by atoms with Crippen LogP contribution in [0, 0.1) is 5.92 Å². The number of anilines is 1. The number of piperidine rings is 1. The zero-order chi connectivity index (χ0) is 26.5. The average molecular weight is 517 g/mol. The van der Waals surface area contributed by atoms with Crippen LogP contribution in [0.25, 0.3) is 10.9 Å². The van der Waals surface area contributed by atoms with Crippen LogP contribution in [-0.4, -0.2) is 69.9 Å². The molecule has 2 fully saturated rings. The molecule has 0 aliphatic carbocycles. The number of hydrogen-bond donors (Lipinski definition) is 2. The first-order valence-corrected chi connectivity index (χ1v) is 11.9. The molecule has 0 saturated carbocycles. The van der Waals surface area contributed by atoms with Crippen molar-refractivity contribution in [3.8, 4) is 0 Å². The van der Waals surface area contributed by atoms with E-state index in [9.17, 15) is 18.0 Å². The summed E-state index contributed by atoms with van der Waals surface area (Å²) in [6.45, 7) is 3.01. The van der Waals surface area contributed by atoms with Gasteiger partial charge in [0.25, 0.3) is 5.91 Å². The third-order valence-corrected chi connectivity index (χ3v) is 6.44. The quantitative estimate of drug-likeness (QED) is 0.530. The van der Waals surface area contributed by atoms with Crippen molar-refractivity contribution < 1.29 is 32.6 Å². The minimum atomic E-state index is -5.08. The van der Waals surface area contributed by atoms with Gasteiger partial charge in [0.15, 0.2) is 0 Å². The molecule has 3 aromatic rings. The maximum atomic E-state index is 13.2. The molecule has 8 nitrogen and oxygen atoms in total. The molecule has 1 amide bonds. The number of carbonyl (C=O) groups excluding carboxylic acids is 1. The molecule has 5 rings (SSSR count). The number of hydrogen-bond acceptors (Lipinski definition) is 6. The molecule has 4 heterocycles. The zero-order valence-electron chi connectivity index (χ0n) is 19.9. The molecule has 2 aliphatic heterocycles. The SMILES string of the molecule is O=C(O)C(F)(F)F.O=C(c1ccc2ncccc2c1)N1CCCC2(CC(CNc3ccccn3)CO2)C1. The molecule has 2 saturated heterocycles. The number of amides is 1. The number of carboxylic acid groups (broad SMARTS) is 1. The minimum absolute atomic E-state index is 0.0819. The summed E-state index contributed by atoms with van der Waals surface area (Å²) in [6, 6.07) is 15.5. The summed E-state index contributed by atoms with van der Waals surface area (Å²) in [7, 11) is 0. The molecule has 196 valence electrons. The van der Waals surface area contributed by atoms with Gasteiger partial charge >= 0.3 is 12.1 Å². The lowest BCUT2D eigenvalue weighted by molar-refractivity contribution is -0.192. The van der Waals surface area contributed by atoms with Gasteiger partial charge in [0.1, 0.15) is 5.82 Å². The van der Waals surface area contributed by atoms with Gasteiger partial charge in [0, 0.05) is 48.9 Å². The van der Waals surface area contributed by atoms with E-state index in [2.05, 4.69) is 15.3 Å². The molecule has 0 radical (unpaired) electrons. The van der Waals surface area contributed by atoms with Gasteiger partial charge in [-0.05, 0) is 55.7 Å². The van der Waals surface area contributed by atoms with Crippen molar-refractivity contribution in [2.24, 2.45) is 5.92 Å². The summed E-state index contributed by atoms with van der Waals surface area (Å²) >= 11 is 0. The van der Waals surface area contributed by atoms with Crippen LogP contribution in [0.5, 0.6) is 0 Å². The summed E-state index contributed by atoms with van der Waals surface area (Å²) in [5, 5.41) is 11.5. The van der Waals surface area contributed by atoms with Crippen molar-refractivity contribution in [2.45, 2.75) is 31.0 Å². The van der Waals surface area contributed by atoms with Gasteiger partial charge in [-0.2, -0.15) is 13.2 Å². The Balaban J connectivity index is 0.000000405. The first-order valence-electron chi connectivity index (χ1n) is 11.9. The number of benzene rings is 1. The molecule has 2 aliphatic rings. The van der Waals surface area contributed by atoms with Crippen LogP contribution in [0.4, 0.5) is 19.0 Å². The minimum Gasteiger partial charge on any atom is -0.475 e. The first kappa shape index (κ1) is 26.3. The molecule has 2 aromatic heterocycles. The number of ether oxygens (including phenoxy) is 1. The highest BCUT2D eigenvalue weighted by Crippen LogP contribution is 2.38. The summed E-state index contributed by atoms with van der Waals surface area (Å²) in [6.07, 6.45) is 1.44. The normalized spacial score (nSPS) is 21.4. The Morgan fingerprint density at radius 3 is 2.65 bits per heavy atom. The van der Waals surface area contributed by atoms with E-state index >= 15 is 0 Å². The Labute approximate surface area is 211 Å². The maximum Gasteiger partial charge on any atom is 0.490 e. The predicted molar refractivity (Wildman–Crippen MR) is 130 cm³/mol. The highest BCUT2D eigenvalue weighted by Gasteiger charge is 2.44. The van der Waals surface area contributed by atoms with E-state index < -0.39 is 12.1 Å². The van der Waals surface area contributed by atoms with E-state index in [1.165, 1.54) is 0 Å². The van der Waals surface area contributed by atoms with Crippen LogP contribution in [0.3, 0.4) is 0 Å². The Hall–Kier alpha value is -3.73. The van der Waals surface area contributed by atoms with Gasteiger partial charge in [-0.3, -0.25) is 9.78 Å². The fraction of sp³-hybridized carbons (Fsp3) is 0.385. The molecular formula is C26H27F3N4O4. The molecule has 37 heavy (non-hydrogen) atoms. The van der Waals surface area contributed by atoms with E-state index in [0.717, 1.165) is 61.2 Å². The number of rotatable bonds is 4. The third kappa shape index (κ3) is 6.73. The summed E-state index contributed by atoms with van der Waals surface area (Å²) < 4.78 is 38.0. The van der Waals surface area contributed by atoms with Crippen LogP contribution in [0.1, 0.15) is 29.6 Å². The van der Waals surface area contributed by atoms with Gasteiger partial charge in [0.05, 0.1) is 17.7 Å². The van der Waals surface area contributed by atoms with Crippen molar-refractivity contribution >= 4 is 28.6 Å². The van der Waals surface area contributed by atoms with Crippen molar-refractivity contribution in [3.63, 3.8) is 0 Å². The van der Waals surface area contributed by atoms with Gasteiger partial charge in [-0.1, -0.05) is 12.1 Å². The van der Waals surface area contributed by atoms with E-state index in [0.29, 0.717) is 12.5 Å². The number of pyridine rings is 2. The second-order valence-corrected chi connectivity index (χ2v) is 9.20. The Morgan fingerprint density at radius 1 is 1.14 bits per heavy atom. The highest BCUT2D eigenvalue weighted by atomic mass is 19.4. The monoisotopic (exact) mass is 516 g/mol. The van der Waals surface area contributed by atoms with E-state index in [1.54, 1.807) is 12.4 Å². The number of alkyl halides is 3. The number of aromatic nitrogens is 2. The third-order valence-electron chi connectivity index (χ3n) is 6.44. The van der Waals surface area contributed by atoms with Gasteiger partial charge in [-0.15, -0.1) is 0 Å². The number of fused-ring (bicyclic) bond motifs is 1. The van der Waals surface area contributed by atoms with Crippen LogP contribution in [-0.2, 0) is 9.53 Å². The van der Waals surface area contributed by atoms with Gasteiger partial charge in [-0.25, -0.2) is 9.78 Å². The van der Waals surface area contributed by atoms with Gasteiger partial charge in [0.2, 0.25) is 0 Å². The topological polar surface area (TPSA) is 105 Å². The summed E-state index contributed by atoms with van der Waals surface area (Å²) in [5.74, 6) is -1.36. The summed E-state index contributed by atoms with van der Waals surface area (Å²) in [5.41, 5.74) is 1.41. The van der Waals surface area contributed by atoms with Crippen LogP contribution >= 0.6 is 0 Å². The largest absolute Gasteiger partial charge is 0.490 e. The number of likely N-dealkylation sites (tertiary alicyclic amines) is 1. The Kier molecular flexibility index (Phi) is 7.91. The molecular weight excluding hydrogens is 489 g/mol. The molecule has 2 N–H and O–H groups in total. The predicted octanol–water partition coefficient (Wildman–Crippen LogP) is 4.39. The number of halogens is 3. The number of nitrogens with one attached hydrogen (secondary N) is 1. The van der Waals surface area contributed by atoms with Crippen LogP contribution in [0.15, 0.2) is 60.9 Å². The first-order chi connectivity index (χ1) is 17.7. The maximum absolute atomic E-state index is 13.2. The molecule has 11 heteroatoms. The van der Waals surface area contributed by atoms with E-state index in [4.69, 9.17) is 14.6 Å². The standard InChI is InChI=1S/C24H26N4O2.C2HF3O2/c29-23(20-7-8-21-19(13-20)5-3-11-25-21)28-12-4-9-24(17-28)14-18(16-30-24)15-27-22-6-1-2-10-26-22;3-2(4,5)1(6)7/h1-3,5-8,10-11,13,18H,4,9,12,14-17H2,(H,26,27);(H,6,7). The average Bonchev–Trinajstić information content (AvgIpc) is 3.28. The van der Waals surface area contributed by atoms with E-state index in [-0.39, 0.29) is 11.5 Å². The fourth-order valence-corrected chi connectivity index (χ4v) is 4.73. The highest BCUT2D eigenvalue weighted by molar-refractivity contribution is 5.98. The molecule has 2 unspecified atom stereocenters. The van der Waals surface area contributed by atoms with Crippen molar-refractivity contribution in [1.82, 2.24) is 14.9 Å². The Bertz CT molecular complexity index is 1240. The lowest BCUT2D eigenvalue weighted by Crippen LogP contribution is -2.50. The number of aliphatic carboxylic acids is 1. The van der Waals surface area contributed by atoms with Crippen LogP contribution < -0.4 is 5.32 Å². The molecule has 1 spiro atoms. The molecule has 2 atom stereocenters. The smallest absolute Gasteiger partial charge is 0.475 e. The lowest BCUT2D eigenvalue weighted by atomic mass is 9.86. The Morgan fingerprint density at radius 2 is 1.92 bits per heavy atom. The fourth-order valence-electron chi connectivity index (χ4n) is 4.73. The zero-order valence-corrected chi connectivity index (χ0v) is 19.9. The number of nitrogens with zero attached hydrogens (tertiary/aromatic N) is 3. The number of carbonyl (C=O) groups is 2. The van der Waals surface area contributed by atoms with Crippen molar-refractivity contribution in [3.05, 3.63) is 66.5 Å². The van der Waals surface area contributed by atoms with Crippen LogP contribution in [0.2, 0.25) is 0 Å². The van der Waals surface area contributed by atoms with Crippen molar-refractivity contribution in [1.29, 1.82) is 0 Å². The van der Waals surface area contributed by atoms with E-state index in [1.807, 2.05) is 53.4 Å². The second-order valence-electron chi connectivity index (χ2n) is 9.20. The van der Waals surface area contributed by atoms with Gasteiger partial charge < -0.3 is 20.1 Å².